The predicted molar refractivity (Wildman–Crippen MR) is 92.4 cm³/mol. The van der Waals surface area contributed by atoms with Gasteiger partial charge in [-0.25, -0.2) is 0 Å². The number of hydrogen-bond acceptors (Lipinski definition) is 4. The molecule has 1 fully saturated rings. The first kappa shape index (κ1) is 16.2. The standard InChI is InChI=1S/C19H20N2O3/c1-13-4-2-3-5-18(13)14-6-8-15(9-7-14)19(23)21-11-16(20-24)10-17(21)12-22/h2-9,17,22,24H,10-12H2,1H3/t17-/m0/s1. The minimum atomic E-state index is -0.334. The lowest BCUT2D eigenvalue weighted by Gasteiger charge is -2.22. The lowest BCUT2D eigenvalue weighted by molar-refractivity contribution is 0.0680. The SMILES string of the molecule is Cc1ccccc1-c1ccc(C(=O)N2CC(=NO)C[C@H]2CO)cc1. The molecule has 3 rings (SSSR count). The molecule has 0 aliphatic carbocycles. The van der Waals surface area contributed by atoms with Gasteiger partial charge in [0.05, 0.1) is 24.9 Å². The van der Waals surface area contributed by atoms with Crippen LogP contribution in [0, 0.1) is 6.92 Å². The van der Waals surface area contributed by atoms with Gasteiger partial charge in [0.15, 0.2) is 0 Å². The maximum Gasteiger partial charge on any atom is 0.254 e. The van der Waals surface area contributed by atoms with Crippen molar-refractivity contribution in [1.29, 1.82) is 0 Å². The Balaban J connectivity index is 1.83. The molecule has 5 nitrogen and oxygen atoms in total. The van der Waals surface area contributed by atoms with E-state index in [9.17, 15) is 9.90 Å². The molecule has 2 aromatic carbocycles. The maximum absolute atomic E-state index is 12.7. The highest BCUT2D eigenvalue weighted by Gasteiger charge is 2.33. The molecule has 0 aromatic heterocycles. The Hall–Kier alpha value is -2.66. The maximum atomic E-state index is 12.7. The molecule has 2 N–H and O–H groups in total. The zero-order valence-corrected chi connectivity index (χ0v) is 13.5. The van der Waals surface area contributed by atoms with Crippen LogP contribution in [0.5, 0.6) is 0 Å². The van der Waals surface area contributed by atoms with E-state index in [1.165, 1.54) is 5.56 Å². The zero-order chi connectivity index (χ0) is 17.1. The highest BCUT2D eigenvalue weighted by molar-refractivity contribution is 6.00. The van der Waals surface area contributed by atoms with Gasteiger partial charge in [-0.3, -0.25) is 4.79 Å². The van der Waals surface area contributed by atoms with Crippen LogP contribution in [-0.2, 0) is 0 Å². The van der Waals surface area contributed by atoms with Crippen LogP contribution in [0.3, 0.4) is 0 Å². The Morgan fingerprint density at radius 3 is 2.54 bits per heavy atom. The topological polar surface area (TPSA) is 73.1 Å². The summed E-state index contributed by atoms with van der Waals surface area (Å²) in [4.78, 5) is 14.2. The Morgan fingerprint density at radius 2 is 1.92 bits per heavy atom. The van der Waals surface area contributed by atoms with Crippen molar-refractivity contribution < 1.29 is 15.1 Å². The van der Waals surface area contributed by atoms with E-state index in [4.69, 9.17) is 5.21 Å². The van der Waals surface area contributed by atoms with Crippen molar-refractivity contribution in [3.05, 3.63) is 59.7 Å². The molecular formula is C19H20N2O3. The number of nitrogens with zero attached hydrogens (tertiary/aromatic N) is 2. The Bertz CT molecular complexity index is 768. The fraction of sp³-hybridized carbons (Fsp3) is 0.263. The Kier molecular flexibility index (Phi) is 4.62. The molecule has 0 unspecified atom stereocenters. The summed E-state index contributed by atoms with van der Waals surface area (Å²) in [7, 11) is 0. The van der Waals surface area contributed by atoms with Crippen LogP contribution in [0.25, 0.3) is 11.1 Å². The molecule has 1 saturated heterocycles. The summed E-state index contributed by atoms with van der Waals surface area (Å²) in [6.07, 6.45) is 0.403. The first-order valence-electron chi connectivity index (χ1n) is 7.91. The quantitative estimate of drug-likeness (QED) is 0.673. The highest BCUT2D eigenvalue weighted by Crippen LogP contribution is 2.25. The molecular weight excluding hydrogens is 304 g/mol. The van der Waals surface area contributed by atoms with E-state index < -0.39 is 0 Å². The number of likely N-dealkylation sites (tertiary alicyclic amines) is 1. The fourth-order valence-corrected chi connectivity index (χ4v) is 3.10. The molecule has 124 valence electrons. The normalized spacial score (nSPS) is 19.0. The van der Waals surface area contributed by atoms with Crippen molar-refractivity contribution in [1.82, 2.24) is 4.90 Å². The monoisotopic (exact) mass is 324 g/mol. The van der Waals surface area contributed by atoms with Crippen LogP contribution in [0.15, 0.2) is 53.7 Å². The third kappa shape index (κ3) is 3.03. The molecule has 1 aliphatic heterocycles. The van der Waals surface area contributed by atoms with Crippen LogP contribution in [0.2, 0.25) is 0 Å². The number of benzene rings is 2. The summed E-state index contributed by atoms with van der Waals surface area (Å²) in [5, 5.41) is 21.5. The zero-order valence-electron chi connectivity index (χ0n) is 13.5. The van der Waals surface area contributed by atoms with Crippen LogP contribution in [0.4, 0.5) is 0 Å². The summed E-state index contributed by atoms with van der Waals surface area (Å²) in [6, 6.07) is 15.2. The predicted octanol–water partition coefficient (Wildman–Crippen LogP) is 2.70. The van der Waals surface area contributed by atoms with E-state index in [-0.39, 0.29) is 25.1 Å². The number of oxime groups is 1. The van der Waals surface area contributed by atoms with Gasteiger partial charge in [0.1, 0.15) is 0 Å². The Morgan fingerprint density at radius 1 is 1.21 bits per heavy atom. The van der Waals surface area contributed by atoms with Crippen molar-refractivity contribution >= 4 is 11.6 Å². The van der Waals surface area contributed by atoms with Gasteiger partial charge in [-0.15, -0.1) is 0 Å². The second kappa shape index (κ2) is 6.84. The minimum absolute atomic E-state index is 0.147. The summed E-state index contributed by atoms with van der Waals surface area (Å²) < 4.78 is 0. The van der Waals surface area contributed by atoms with Crippen molar-refractivity contribution in [2.75, 3.05) is 13.2 Å². The minimum Gasteiger partial charge on any atom is -0.411 e. The van der Waals surface area contributed by atoms with Gasteiger partial charge in [-0.05, 0) is 35.7 Å². The number of hydrogen-bond donors (Lipinski definition) is 2. The van der Waals surface area contributed by atoms with Gasteiger partial charge in [0, 0.05) is 12.0 Å². The first-order valence-corrected chi connectivity index (χ1v) is 7.91. The molecule has 0 spiro atoms. The number of carbonyl (C=O) groups excluding carboxylic acids is 1. The second-order valence-electron chi connectivity index (χ2n) is 6.03. The molecule has 0 bridgehead atoms. The van der Waals surface area contributed by atoms with E-state index in [0.29, 0.717) is 17.7 Å². The third-order valence-electron chi connectivity index (χ3n) is 4.47. The number of rotatable bonds is 3. The van der Waals surface area contributed by atoms with E-state index in [0.717, 1.165) is 11.1 Å². The van der Waals surface area contributed by atoms with Crippen LogP contribution in [-0.4, -0.2) is 46.0 Å². The lowest BCUT2D eigenvalue weighted by Crippen LogP contribution is -2.37. The summed E-state index contributed by atoms with van der Waals surface area (Å²) in [5.41, 5.74) is 4.45. The second-order valence-corrected chi connectivity index (χ2v) is 6.03. The fourth-order valence-electron chi connectivity index (χ4n) is 3.10. The molecule has 1 heterocycles. The van der Waals surface area contributed by atoms with Gasteiger partial charge in [-0.2, -0.15) is 0 Å². The first-order chi connectivity index (χ1) is 11.6. The lowest BCUT2D eigenvalue weighted by atomic mass is 9.99. The van der Waals surface area contributed by atoms with Crippen LogP contribution < -0.4 is 0 Å². The van der Waals surface area contributed by atoms with E-state index in [2.05, 4.69) is 24.2 Å². The largest absolute Gasteiger partial charge is 0.411 e. The summed E-state index contributed by atoms with van der Waals surface area (Å²) >= 11 is 0. The molecule has 24 heavy (non-hydrogen) atoms. The van der Waals surface area contributed by atoms with Crippen molar-refractivity contribution in [3.63, 3.8) is 0 Å². The Labute approximate surface area is 140 Å². The van der Waals surface area contributed by atoms with E-state index in [1.54, 1.807) is 17.0 Å². The van der Waals surface area contributed by atoms with Crippen molar-refractivity contribution in [2.24, 2.45) is 5.16 Å². The van der Waals surface area contributed by atoms with Gasteiger partial charge in [0.25, 0.3) is 5.91 Å². The number of amides is 1. The van der Waals surface area contributed by atoms with Crippen molar-refractivity contribution in [3.8, 4) is 11.1 Å². The van der Waals surface area contributed by atoms with Gasteiger partial charge >= 0.3 is 0 Å². The van der Waals surface area contributed by atoms with Gasteiger partial charge < -0.3 is 15.2 Å². The number of aliphatic hydroxyl groups is 1. The smallest absolute Gasteiger partial charge is 0.254 e. The highest BCUT2D eigenvalue weighted by atomic mass is 16.4. The number of aryl methyl sites for hydroxylation is 1. The van der Waals surface area contributed by atoms with Gasteiger partial charge in [-0.1, -0.05) is 41.6 Å². The molecule has 1 amide bonds. The molecule has 2 aromatic rings. The molecule has 5 heteroatoms. The molecule has 1 atom stereocenters. The average molecular weight is 324 g/mol. The average Bonchev–Trinajstić information content (AvgIpc) is 3.05. The van der Waals surface area contributed by atoms with E-state index in [1.807, 2.05) is 24.3 Å². The summed E-state index contributed by atoms with van der Waals surface area (Å²) in [6.45, 7) is 2.16. The van der Waals surface area contributed by atoms with E-state index >= 15 is 0 Å². The van der Waals surface area contributed by atoms with Crippen LogP contribution in [0.1, 0.15) is 22.3 Å². The number of aliphatic hydroxyl groups excluding tert-OH is 1. The molecule has 0 radical (unpaired) electrons. The number of carbonyl (C=O) groups is 1. The third-order valence-corrected chi connectivity index (χ3v) is 4.47. The molecule has 0 saturated carbocycles. The molecule has 1 aliphatic rings. The van der Waals surface area contributed by atoms with Gasteiger partial charge in [0.2, 0.25) is 0 Å². The van der Waals surface area contributed by atoms with Crippen LogP contribution >= 0.6 is 0 Å². The summed E-state index contributed by atoms with van der Waals surface area (Å²) in [5.74, 6) is -0.163. The van der Waals surface area contributed by atoms with Crippen molar-refractivity contribution in [2.45, 2.75) is 19.4 Å².